The zero-order chi connectivity index (χ0) is 16.9. The minimum atomic E-state index is -3.53. The normalized spacial score (nSPS) is 16.1. The van der Waals surface area contributed by atoms with Crippen molar-refractivity contribution in [2.45, 2.75) is 43.9 Å². The highest BCUT2D eigenvalue weighted by atomic mass is 32.2. The van der Waals surface area contributed by atoms with E-state index in [1.807, 2.05) is 6.92 Å². The monoisotopic (exact) mass is 340 g/mol. The van der Waals surface area contributed by atoms with Gasteiger partial charge in [0, 0.05) is 19.5 Å². The minimum Gasteiger partial charge on any atom is -0.495 e. The molecule has 0 saturated carbocycles. The summed E-state index contributed by atoms with van der Waals surface area (Å²) < 4.78 is 32.2. The lowest BCUT2D eigenvalue weighted by atomic mass is 10.2. The number of nitrogens with zero attached hydrogens (tertiary/aromatic N) is 1. The fraction of sp³-hybridized carbons (Fsp3) is 0.562. The summed E-state index contributed by atoms with van der Waals surface area (Å²) in [6, 6.07) is 4.59. The van der Waals surface area contributed by atoms with Gasteiger partial charge < -0.3 is 10.1 Å². The van der Waals surface area contributed by atoms with Crippen LogP contribution in [-0.2, 0) is 14.8 Å². The number of anilines is 1. The molecule has 7 heteroatoms. The standard InChI is InChI=1S/C16H24N2O4S/c1-3-7-16(19)17-14-12-13(8-9-15(14)22-2)23(20,21)18-10-5-4-6-11-18/h8-9,12H,3-7,10-11H2,1-2H3,(H,17,19). The topological polar surface area (TPSA) is 75.7 Å². The Balaban J connectivity index is 2.30. The first-order chi connectivity index (χ1) is 11.0. The van der Waals surface area contributed by atoms with E-state index in [1.165, 1.54) is 23.5 Å². The van der Waals surface area contributed by atoms with E-state index in [1.54, 1.807) is 6.07 Å². The SMILES string of the molecule is CCCC(=O)Nc1cc(S(=O)(=O)N2CCCCC2)ccc1OC. The van der Waals surface area contributed by atoms with Gasteiger partial charge in [-0.25, -0.2) is 8.42 Å². The Morgan fingerprint density at radius 2 is 1.96 bits per heavy atom. The molecule has 0 bridgehead atoms. The smallest absolute Gasteiger partial charge is 0.243 e. The first-order valence-electron chi connectivity index (χ1n) is 7.97. The lowest BCUT2D eigenvalue weighted by Crippen LogP contribution is -2.35. The molecule has 0 spiro atoms. The maximum Gasteiger partial charge on any atom is 0.243 e. The quantitative estimate of drug-likeness (QED) is 0.864. The van der Waals surface area contributed by atoms with Crippen LogP contribution in [0.5, 0.6) is 5.75 Å². The van der Waals surface area contributed by atoms with Crippen LogP contribution < -0.4 is 10.1 Å². The van der Waals surface area contributed by atoms with Crippen molar-refractivity contribution in [2.75, 3.05) is 25.5 Å². The van der Waals surface area contributed by atoms with Gasteiger partial charge in [0.15, 0.2) is 0 Å². The van der Waals surface area contributed by atoms with E-state index in [-0.39, 0.29) is 10.8 Å². The zero-order valence-electron chi connectivity index (χ0n) is 13.7. The Morgan fingerprint density at radius 1 is 1.26 bits per heavy atom. The van der Waals surface area contributed by atoms with Crippen LogP contribution in [-0.4, -0.2) is 38.8 Å². The Labute approximate surface area is 137 Å². The van der Waals surface area contributed by atoms with Gasteiger partial charge in [-0.15, -0.1) is 0 Å². The van der Waals surface area contributed by atoms with Crippen LogP contribution in [0, 0.1) is 0 Å². The lowest BCUT2D eigenvalue weighted by molar-refractivity contribution is -0.116. The first kappa shape index (κ1) is 17.7. The molecule has 1 fully saturated rings. The average molecular weight is 340 g/mol. The summed E-state index contributed by atoms with van der Waals surface area (Å²) in [5.41, 5.74) is 0.393. The maximum absolute atomic E-state index is 12.7. The molecule has 2 rings (SSSR count). The fourth-order valence-electron chi connectivity index (χ4n) is 2.64. The second kappa shape index (κ2) is 7.79. The Hall–Kier alpha value is -1.60. The van der Waals surface area contributed by atoms with Crippen LogP contribution in [0.1, 0.15) is 39.0 Å². The molecule has 0 aliphatic carbocycles. The number of carbonyl (C=O) groups excluding carboxylic acids is 1. The van der Waals surface area contributed by atoms with Crippen molar-refractivity contribution in [2.24, 2.45) is 0 Å². The van der Waals surface area contributed by atoms with Crippen LogP contribution in [0.4, 0.5) is 5.69 Å². The molecule has 0 aromatic heterocycles. The van der Waals surface area contributed by atoms with Crippen LogP contribution in [0.25, 0.3) is 0 Å². The summed E-state index contributed by atoms with van der Waals surface area (Å²) in [4.78, 5) is 12.0. The molecule has 0 radical (unpaired) electrons. The van der Waals surface area contributed by atoms with Crippen molar-refractivity contribution in [1.82, 2.24) is 4.31 Å². The van der Waals surface area contributed by atoms with E-state index in [2.05, 4.69) is 5.32 Å². The summed E-state index contributed by atoms with van der Waals surface area (Å²) in [6.07, 6.45) is 3.93. The first-order valence-corrected chi connectivity index (χ1v) is 9.41. The van der Waals surface area contributed by atoms with E-state index in [4.69, 9.17) is 4.74 Å². The summed E-state index contributed by atoms with van der Waals surface area (Å²) in [5.74, 6) is 0.297. The molecule has 0 atom stereocenters. The number of carbonyl (C=O) groups is 1. The van der Waals surface area contributed by atoms with Gasteiger partial charge in [0.1, 0.15) is 5.75 Å². The van der Waals surface area contributed by atoms with Crippen molar-refractivity contribution in [1.29, 1.82) is 0 Å². The summed E-state index contributed by atoms with van der Waals surface area (Å²) >= 11 is 0. The van der Waals surface area contributed by atoms with E-state index in [9.17, 15) is 13.2 Å². The molecule has 0 unspecified atom stereocenters. The van der Waals surface area contributed by atoms with Gasteiger partial charge in [-0.2, -0.15) is 4.31 Å². The number of hydrogen-bond donors (Lipinski definition) is 1. The van der Waals surface area contributed by atoms with Crippen molar-refractivity contribution in [3.05, 3.63) is 18.2 Å². The minimum absolute atomic E-state index is 0.154. The number of methoxy groups -OCH3 is 1. The van der Waals surface area contributed by atoms with E-state index < -0.39 is 10.0 Å². The maximum atomic E-state index is 12.7. The lowest BCUT2D eigenvalue weighted by Gasteiger charge is -2.26. The number of rotatable bonds is 6. The Bertz CT molecular complexity index is 652. The van der Waals surface area contributed by atoms with Gasteiger partial charge in [0.05, 0.1) is 17.7 Å². The number of nitrogens with one attached hydrogen (secondary N) is 1. The predicted octanol–water partition coefficient (Wildman–Crippen LogP) is 2.61. The molecular weight excluding hydrogens is 316 g/mol. The number of amides is 1. The number of ether oxygens (including phenoxy) is 1. The van der Waals surface area contributed by atoms with E-state index in [0.29, 0.717) is 30.9 Å². The van der Waals surface area contributed by atoms with Crippen molar-refractivity contribution in [3.63, 3.8) is 0 Å². The van der Waals surface area contributed by atoms with Gasteiger partial charge in [-0.05, 0) is 37.5 Å². The highest BCUT2D eigenvalue weighted by Crippen LogP contribution is 2.30. The summed E-state index contributed by atoms with van der Waals surface area (Å²) in [6.45, 7) is 3.01. The van der Waals surface area contributed by atoms with Crippen molar-refractivity contribution in [3.8, 4) is 5.75 Å². The van der Waals surface area contributed by atoms with E-state index >= 15 is 0 Å². The van der Waals surface area contributed by atoms with Crippen LogP contribution in [0.2, 0.25) is 0 Å². The zero-order valence-corrected chi connectivity index (χ0v) is 14.5. The van der Waals surface area contributed by atoms with Gasteiger partial charge in [0.25, 0.3) is 0 Å². The molecule has 1 heterocycles. The Morgan fingerprint density at radius 3 is 2.57 bits per heavy atom. The third-order valence-corrected chi connectivity index (χ3v) is 5.77. The number of sulfonamides is 1. The number of piperidine rings is 1. The molecular formula is C16H24N2O4S. The second-order valence-electron chi connectivity index (χ2n) is 5.63. The molecule has 128 valence electrons. The van der Waals surface area contributed by atoms with Gasteiger partial charge in [-0.1, -0.05) is 13.3 Å². The molecule has 1 saturated heterocycles. The highest BCUT2D eigenvalue weighted by molar-refractivity contribution is 7.89. The van der Waals surface area contributed by atoms with Gasteiger partial charge >= 0.3 is 0 Å². The molecule has 1 amide bonds. The fourth-order valence-corrected chi connectivity index (χ4v) is 4.18. The third kappa shape index (κ3) is 4.23. The molecule has 23 heavy (non-hydrogen) atoms. The van der Waals surface area contributed by atoms with E-state index in [0.717, 1.165) is 25.7 Å². The van der Waals surface area contributed by atoms with Crippen LogP contribution in [0.3, 0.4) is 0 Å². The number of benzene rings is 1. The van der Waals surface area contributed by atoms with Gasteiger partial charge in [-0.3, -0.25) is 4.79 Å². The molecule has 1 aromatic rings. The average Bonchev–Trinajstić information content (AvgIpc) is 2.55. The molecule has 1 aromatic carbocycles. The molecule has 1 aliphatic heterocycles. The third-order valence-electron chi connectivity index (χ3n) is 3.87. The van der Waals surface area contributed by atoms with Crippen LogP contribution in [0.15, 0.2) is 23.1 Å². The summed E-state index contributed by atoms with van der Waals surface area (Å²) in [7, 11) is -2.04. The van der Waals surface area contributed by atoms with Crippen LogP contribution >= 0.6 is 0 Å². The molecule has 6 nitrogen and oxygen atoms in total. The largest absolute Gasteiger partial charge is 0.495 e. The number of hydrogen-bond acceptors (Lipinski definition) is 4. The Kier molecular flexibility index (Phi) is 6.01. The summed E-state index contributed by atoms with van der Waals surface area (Å²) in [5, 5.41) is 2.73. The molecule has 1 N–H and O–H groups in total. The predicted molar refractivity (Wildman–Crippen MR) is 89.1 cm³/mol. The second-order valence-corrected chi connectivity index (χ2v) is 7.56. The molecule has 1 aliphatic rings. The van der Waals surface area contributed by atoms with Crippen molar-refractivity contribution < 1.29 is 17.9 Å². The van der Waals surface area contributed by atoms with Crippen molar-refractivity contribution >= 4 is 21.6 Å². The van der Waals surface area contributed by atoms with Gasteiger partial charge in [0.2, 0.25) is 15.9 Å². The highest BCUT2D eigenvalue weighted by Gasteiger charge is 2.26.